The number of aromatic nitrogens is 3. The summed E-state index contributed by atoms with van der Waals surface area (Å²) in [5.74, 6) is 0.342. The van der Waals surface area contributed by atoms with Crippen LogP contribution in [-0.2, 0) is 4.79 Å². The molecule has 3 amide bonds. The zero-order chi connectivity index (χ0) is 27.8. The highest BCUT2D eigenvalue weighted by Crippen LogP contribution is 2.24. The van der Waals surface area contributed by atoms with E-state index in [1.165, 1.54) is 6.20 Å². The molecule has 2 aromatic heterocycles. The summed E-state index contributed by atoms with van der Waals surface area (Å²) in [4.78, 5) is 52.3. The van der Waals surface area contributed by atoms with E-state index in [-0.39, 0.29) is 35.3 Å². The first kappa shape index (κ1) is 27.5. The number of rotatable bonds is 10. The summed E-state index contributed by atoms with van der Waals surface area (Å²) >= 11 is 0. The number of anilines is 4. The molecular formula is C28H34N8O3. The van der Waals surface area contributed by atoms with Crippen LogP contribution in [0.3, 0.4) is 0 Å². The van der Waals surface area contributed by atoms with Gasteiger partial charge in [-0.3, -0.25) is 14.4 Å². The molecule has 1 saturated heterocycles. The van der Waals surface area contributed by atoms with Crippen LogP contribution in [0.15, 0.2) is 54.9 Å². The molecule has 3 heterocycles. The summed E-state index contributed by atoms with van der Waals surface area (Å²) in [6.45, 7) is 5.39. The Morgan fingerprint density at radius 2 is 1.85 bits per heavy atom. The minimum atomic E-state index is -0.711. The molecular weight excluding hydrogens is 496 g/mol. The molecule has 4 rings (SSSR count). The predicted molar refractivity (Wildman–Crippen MR) is 150 cm³/mol. The van der Waals surface area contributed by atoms with Crippen LogP contribution in [0.1, 0.15) is 60.4 Å². The average Bonchev–Trinajstić information content (AvgIpc) is 2.94. The summed E-state index contributed by atoms with van der Waals surface area (Å²) in [6.07, 6.45) is 6.52. The second-order valence-corrected chi connectivity index (χ2v) is 9.47. The fourth-order valence-electron chi connectivity index (χ4n) is 4.55. The number of nitrogens with two attached hydrogens (primary N) is 1. The normalized spacial score (nSPS) is 15.1. The van der Waals surface area contributed by atoms with Crippen molar-refractivity contribution < 1.29 is 14.4 Å². The summed E-state index contributed by atoms with van der Waals surface area (Å²) in [5, 5.41) is 9.02. The number of hydrogen-bond acceptors (Lipinski definition) is 8. The lowest BCUT2D eigenvalue weighted by molar-refractivity contribution is -0.126. The first-order valence-corrected chi connectivity index (χ1v) is 13.2. The Morgan fingerprint density at radius 1 is 1.08 bits per heavy atom. The van der Waals surface area contributed by atoms with Gasteiger partial charge in [0, 0.05) is 42.5 Å². The van der Waals surface area contributed by atoms with Crippen LogP contribution < -0.4 is 26.6 Å². The zero-order valence-corrected chi connectivity index (χ0v) is 22.2. The zero-order valence-electron chi connectivity index (χ0n) is 22.2. The third kappa shape index (κ3) is 7.07. The van der Waals surface area contributed by atoms with Gasteiger partial charge in [0.2, 0.25) is 5.91 Å². The van der Waals surface area contributed by atoms with Crippen LogP contribution in [0.2, 0.25) is 0 Å². The fourth-order valence-corrected chi connectivity index (χ4v) is 4.55. The molecule has 1 aliphatic rings. The smallest absolute Gasteiger partial charge is 0.271 e. The number of hydrogen-bond donors (Lipinski definition) is 4. The quantitative estimate of drug-likeness (QED) is 0.310. The Balaban J connectivity index is 1.47. The largest absolute Gasteiger partial charge is 0.364 e. The third-order valence-corrected chi connectivity index (χ3v) is 6.76. The van der Waals surface area contributed by atoms with E-state index in [9.17, 15) is 14.4 Å². The maximum Gasteiger partial charge on any atom is 0.271 e. The molecule has 0 spiro atoms. The van der Waals surface area contributed by atoms with Crippen molar-refractivity contribution >= 4 is 40.9 Å². The van der Waals surface area contributed by atoms with Crippen LogP contribution in [-0.4, -0.2) is 51.8 Å². The van der Waals surface area contributed by atoms with E-state index in [0.29, 0.717) is 29.4 Å². The lowest BCUT2D eigenvalue weighted by Crippen LogP contribution is -2.49. The monoisotopic (exact) mass is 530 g/mol. The molecule has 1 aliphatic heterocycles. The molecule has 39 heavy (non-hydrogen) atoms. The molecule has 1 atom stereocenters. The van der Waals surface area contributed by atoms with Gasteiger partial charge in [-0.1, -0.05) is 19.9 Å². The Hall–Kier alpha value is -4.54. The van der Waals surface area contributed by atoms with Gasteiger partial charge in [-0.05, 0) is 62.1 Å². The van der Waals surface area contributed by atoms with Crippen molar-refractivity contribution in [2.75, 3.05) is 28.6 Å². The molecule has 1 unspecified atom stereocenters. The number of carbonyl (C=O) groups is 3. The van der Waals surface area contributed by atoms with Crippen LogP contribution in [0.4, 0.5) is 23.1 Å². The molecule has 0 aliphatic carbocycles. The number of nitrogens with one attached hydrogen (secondary N) is 3. The minimum Gasteiger partial charge on any atom is -0.364 e. The number of pyridine rings is 1. The number of amides is 3. The van der Waals surface area contributed by atoms with E-state index < -0.39 is 5.91 Å². The van der Waals surface area contributed by atoms with Crippen LogP contribution in [0.25, 0.3) is 0 Å². The van der Waals surface area contributed by atoms with Crippen molar-refractivity contribution in [3.05, 3.63) is 66.1 Å². The second kappa shape index (κ2) is 12.8. The molecule has 3 aromatic rings. The summed E-state index contributed by atoms with van der Waals surface area (Å²) < 4.78 is 0. The lowest BCUT2D eigenvalue weighted by Gasteiger charge is -2.34. The van der Waals surface area contributed by atoms with Crippen LogP contribution >= 0.6 is 0 Å². The number of piperidine rings is 1. The van der Waals surface area contributed by atoms with Gasteiger partial charge >= 0.3 is 0 Å². The first-order chi connectivity index (χ1) is 18.9. The molecule has 0 radical (unpaired) electrons. The standard InChI is InChI=1S/C28H34N8O3/c1-3-18(4-2)27(38)33-21-8-7-15-36(17-21)23-16-31-24(25(29)37)26(35-23)32-20-12-10-19(11-13-20)28(39)34-22-9-5-6-14-30-22/h5-6,9-14,16,18,21H,3-4,7-8,15,17H2,1-2H3,(H2,29,37)(H,32,35)(H,33,38)(H,30,34,39). The Morgan fingerprint density at radius 3 is 2.51 bits per heavy atom. The van der Waals surface area contributed by atoms with Crippen molar-refractivity contribution in [3.63, 3.8) is 0 Å². The Bertz CT molecular complexity index is 1300. The fraction of sp³-hybridized carbons (Fsp3) is 0.357. The van der Waals surface area contributed by atoms with Gasteiger partial charge in [-0.2, -0.15) is 0 Å². The number of carbonyl (C=O) groups excluding carboxylic acids is 3. The molecule has 0 saturated carbocycles. The molecule has 5 N–H and O–H groups in total. The third-order valence-electron chi connectivity index (χ3n) is 6.76. The van der Waals surface area contributed by atoms with E-state index >= 15 is 0 Å². The van der Waals surface area contributed by atoms with Gasteiger partial charge in [0.25, 0.3) is 11.8 Å². The minimum absolute atomic E-state index is 0.00523. The molecule has 11 nitrogen and oxygen atoms in total. The number of nitrogens with zero attached hydrogens (tertiary/aromatic N) is 4. The van der Waals surface area contributed by atoms with Gasteiger partial charge in [0.05, 0.1) is 6.20 Å². The van der Waals surface area contributed by atoms with Gasteiger partial charge in [0.1, 0.15) is 11.6 Å². The molecule has 1 fully saturated rings. The highest BCUT2D eigenvalue weighted by molar-refractivity contribution is 6.04. The average molecular weight is 531 g/mol. The molecule has 1 aromatic carbocycles. The molecule has 11 heteroatoms. The van der Waals surface area contributed by atoms with Crippen molar-refractivity contribution in [2.45, 2.75) is 45.6 Å². The Labute approximate surface area is 227 Å². The van der Waals surface area contributed by atoms with E-state index in [2.05, 4.69) is 35.8 Å². The van der Waals surface area contributed by atoms with Gasteiger partial charge < -0.3 is 26.6 Å². The van der Waals surface area contributed by atoms with Crippen molar-refractivity contribution in [3.8, 4) is 0 Å². The second-order valence-electron chi connectivity index (χ2n) is 9.47. The van der Waals surface area contributed by atoms with Crippen molar-refractivity contribution in [2.24, 2.45) is 11.7 Å². The van der Waals surface area contributed by atoms with Crippen LogP contribution in [0, 0.1) is 5.92 Å². The van der Waals surface area contributed by atoms with Gasteiger partial charge in [-0.25, -0.2) is 15.0 Å². The first-order valence-electron chi connectivity index (χ1n) is 13.2. The van der Waals surface area contributed by atoms with E-state index in [1.807, 2.05) is 13.8 Å². The van der Waals surface area contributed by atoms with E-state index in [1.54, 1.807) is 48.7 Å². The maximum atomic E-state index is 12.6. The Kier molecular flexibility index (Phi) is 9.03. The van der Waals surface area contributed by atoms with E-state index in [4.69, 9.17) is 5.73 Å². The highest BCUT2D eigenvalue weighted by Gasteiger charge is 2.26. The topological polar surface area (TPSA) is 155 Å². The molecule has 204 valence electrons. The van der Waals surface area contributed by atoms with Crippen molar-refractivity contribution in [1.29, 1.82) is 0 Å². The predicted octanol–water partition coefficient (Wildman–Crippen LogP) is 3.49. The van der Waals surface area contributed by atoms with Crippen LogP contribution in [0.5, 0.6) is 0 Å². The lowest BCUT2D eigenvalue weighted by atomic mass is 10.00. The number of primary amides is 1. The highest BCUT2D eigenvalue weighted by atomic mass is 16.2. The number of benzene rings is 1. The summed E-state index contributed by atoms with van der Waals surface area (Å²) in [5.41, 5.74) is 6.61. The molecule has 0 bridgehead atoms. The summed E-state index contributed by atoms with van der Waals surface area (Å²) in [7, 11) is 0. The van der Waals surface area contributed by atoms with Gasteiger partial charge in [-0.15, -0.1) is 0 Å². The van der Waals surface area contributed by atoms with Gasteiger partial charge in [0.15, 0.2) is 11.5 Å². The summed E-state index contributed by atoms with van der Waals surface area (Å²) in [6, 6.07) is 12.0. The maximum absolute atomic E-state index is 12.6. The van der Waals surface area contributed by atoms with E-state index in [0.717, 1.165) is 32.2 Å². The SMILES string of the molecule is CCC(CC)C(=O)NC1CCCN(c2cnc(C(N)=O)c(Nc3ccc(C(=O)Nc4ccccn4)cc3)n2)C1. The van der Waals surface area contributed by atoms with Crippen molar-refractivity contribution in [1.82, 2.24) is 20.3 Å².